The summed E-state index contributed by atoms with van der Waals surface area (Å²) in [4.78, 5) is 25.2. The predicted octanol–water partition coefficient (Wildman–Crippen LogP) is 1.67. The van der Waals surface area contributed by atoms with Crippen molar-refractivity contribution in [1.29, 1.82) is 0 Å². The number of amides is 1. The Morgan fingerprint density at radius 3 is 2.72 bits per heavy atom. The third kappa shape index (κ3) is 3.22. The Kier molecular flexibility index (Phi) is 4.36. The average Bonchev–Trinajstić information content (AvgIpc) is 3.05. The Morgan fingerprint density at radius 2 is 1.92 bits per heavy atom. The lowest BCUT2D eigenvalue weighted by atomic mass is 10.1. The van der Waals surface area contributed by atoms with Crippen LogP contribution < -0.4 is 10.6 Å². The monoisotopic (exact) mass is 337 g/mol. The normalized spacial score (nSPS) is 24.0. The average molecular weight is 337 g/mol. The molecule has 1 aromatic heterocycles. The standard InChI is InChI=1S/C19H23N5O/c20-15-11-23(12-17(15)24-9-5-4-8-19(24)25)18-10-16(21-13-22-18)14-6-2-1-3-7-14/h1-3,6-7,10,13,15,17H,4-5,8-9,11-12,20H2/t15-,17+/m1/s1. The van der Waals surface area contributed by atoms with Gasteiger partial charge in [-0.25, -0.2) is 9.97 Å². The first-order valence-corrected chi connectivity index (χ1v) is 8.90. The fraction of sp³-hybridized carbons (Fsp3) is 0.421. The van der Waals surface area contributed by atoms with Crippen molar-refractivity contribution in [3.8, 4) is 11.3 Å². The molecule has 6 nitrogen and oxygen atoms in total. The van der Waals surface area contributed by atoms with E-state index in [4.69, 9.17) is 5.73 Å². The lowest BCUT2D eigenvalue weighted by Gasteiger charge is -2.34. The van der Waals surface area contributed by atoms with Crippen LogP contribution in [0.15, 0.2) is 42.7 Å². The summed E-state index contributed by atoms with van der Waals surface area (Å²) in [5, 5.41) is 0. The van der Waals surface area contributed by atoms with Gasteiger partial charge in [-0.2, -0.15) is 0 Å². The molecule has 0 spiro atoms. The fourth-order valence-corrected chi connectivity index (χ4v) is 3.79. The van der Waals surface area contributed by atoms with Gasteiger partial charge in [-0.3, -0.25) is 4.79 Å². The molecule has 0 bridgehead atoms. The molecule has 0 unspecified atom stereocenters. The smallest absolute Gasteiger partial charge is 0.222 e. The van der Waals surface area contributed by atoms with Gasteiger partial charge >= 0.3 is 0 Å². The summed E-state index contributed by atoms with van der Waals surface area (Å²) in [6, 6.07) is 12.1. The van der Waals surface area contributed by atoms with E-state index in [1.54, 1.807) is 6.33 Å². The van der Waals surface area contributed by atoms with E-state index in [1.165, 1.54) is 0 Å². The molecule has 4 rings (SSSR count). The first-order valence-electron chi connectivity index (χ1n) is 8.90. The van der Waals surface area contributed by atoms with Gasteiger partial charge in [0.1, 0.15) is 12.1 Å². The van der Waals surface area contributed by atoms with Gasteiger partial charge < -0.3 is 15.5 Å². The van der Waals surface area contributed by atoms with Crippen LogP contribution in [0.2, 0.25) is 0 Å². The molecule has 2 aromatic rings. The molecule has 130 valence electrons. The molecule has 6 heteroatoms. The Labute approximate surface area is 147 Å². The van der Waals surface area contributed by atoms with Crippen molar-refractivity contribution >= 4 is 11.7 Å². The first-order chi connectivity index (χ1) is 12.2. The Hall–Kier alpha value is -2.47. The van der Waals surface area contributed by atoms with E-state index in [9.17, 15) is 4.79 Å². The van der Waals surface area contributed by atoms with Gasteiger partial charge in [-0.15, -0.1) is 0 Å². The van der Waals surface area contributed by atoms with Gasteiger partial charge in [0.05, 0.1) is 11.7 Å². The van der Waals surface area contributed by atoms with Crippen molar-refractivity contribution < 1.29 is 4.79 Å². The summed E-state index contributed by atoms with van der Waals surface area (Å²) >= 11 is 0. The maximum atomic E-state index is 12.2. The largest absolute Gasteiger partial charge is 0.353 e. The molecule has 2 N–H and O–H groups in total. The summed E-state index contributed by atoms with van der Waals surface area (Å²) in [5.74, 6) is 1.11. The van der Waals surface area contributed by atoms with Crippen molar-refractivity contribution in [2.45, 2.75) is 31.3 Å². The van der Waals surface area contributed by atoms with E-state index >= 15 is 0 Å². The van der Waals surface area contributed by atoms with E-state index in [0.29, 0.717) is 13.0 Å². The zero-order valence-corrected chi connectivity index (χ0v) is 14.2. The van der Waals surface area contributed by atoms with Crippen LogP contribution in [0.5, 0.6) is 0 Å². The van der Waals surface area contributed by atoms with Crippen LogP contribution >= 0.6 is 0 Å². The third-order valence-electron chi connectivity index (χ3n) is 5.14. The highest BCUT2D eigenvalue weighted by Crippen LogP contribution is 2.26. The van der Waals surface area contributed by atoms with Crippen molar-refractivity contribution in [1.82, 2.24) is 14.9 Å². The predicted molar refractivity (Wildman–Crippen MR) is 97.0 cm³/mol. The lowest BCUT2D eigenvalue weighted by Crippen LogP contribution is -2.51. The van der Waals surface area contributed by atoms with E-state index < -0.39 is 0 Å². The molecule has 0 saturated carbocycles. The van der Waals surface area contributed by atoms with E-state index in [0.717, 1.165) is 43.0 Å². The molecule has 2 aliphatic heterocycles. The van der Waals surface area contributed by atoms with Crippen LogP contribution in [-0.2, 0) is 4.79 Å². The second-order valence-corrected chi connectivity index (χ2v) is 6.81. The number of aromatic nitrogens is 2. The molecule has 1 amide bonds. The molecular weight excluding hydrogens is 314 g/mol. The van der Waals surface area contributed by atoms with Gasteiger partial charge in [0, 0.05) is 43.7 Å². The zero-order chi connectivity index (χ0) is 17.2. The number of nitrogens with zero attached hydrogens (tertiary/aromatic N) is 4. The molecule has 0 aliphatic carbocycles. The number of nitrogens with two attached hydrogens (primary N) is 1. The maximum absolute atomic E-state index is 12.2. The Morgan fingerprint density at radius 1 is 1.08 bits per heavy atom. The number of benzene rings is 1. The topological polar surface area (TPSA) is 75.3 Å². The minimum absolute atomic E-state index is 0.0443. The minimum atomic E-state index is -0.0443. The molecule has 3 heterocycles. The van der Waals surface area contributed by atoms with Crippen molar-refractivity contribution in [3.63, 3.8) is 0 Å². The van der Waals surface area contributed by atoms with E-state index in [-0.39, 0.29) is 18.0 Å². The van der Waals surface area contributed by atoms with E-state index in [1.807, 2.05) is 41.3 Å². The zero-order valence-electron chi connectivity index (χ0n) is 14.2. The van der Waals surface area contributed by atoms with Gasteiger partial charge in [-0.1, -0.05) is 30.3 Å². The minimum Gasteiger partial charge on any atom is -0.353 e. The lowest BCUT2D eigenvalue weighted by molar-refractivity contribution is -0.135. The molecule has 25 heavy (non-hydrogen) atoms. The number of likely N-dealkylation sites (tertiary alicyclic amines) is 1. The number of hydrogen-bond acceptors (Lipinski definition) is 5. The van der Waals surface area contributed by atoms with Gasteiger partial charge in [0.15, 0.2) is 0 Å². The Balaban J connectivity index is 1.54. The highest BCUT2D eigenvalue weighted by Gasteiger charge is 2.38. The molecular formula is C19H23N5O. The maximum Gasteiger partial charge on any atom is 0.222 e. The van der Waals surface area contributed by atoms with Gasteiger partial charge in [0.25, 0.3) is 0 Å². The Bertz CT molecular complexity index is 750. The van der Waals surface area contributed by atoms with Crippen LogP contribution in [0.25, 0.3) is 11.3 Å². The number of hydrogen-bond donors (Lipinski definition) is 1. The summed E-state index contributed by atoms with van der Waals surface area (Å²) in [6.45, 7) is 2.27. The van der Waals surface area contributed by atoms with Crippen molar-refractivity contribution in [3.05, 3.63) is 42.7 Å². The van der Waals surface area contributed by atoms with Gasteiger partial charge in [-0.05, 0) is 12.8 Å². The van der Waals surface area contributed by atoms with Gasteiger partial charge in [0.2, 0.25) is 5.91 Å². The van der Waals surface area contributed by atoms with E-state index in [2.05, 4.69) is 14.9 Å². The SMILES string of the molecule is N[C@@H]1CN(c2cc(-c3ccccc3)ncn2)C[C@@H]1N1CCCCC1=O. The number of carbonyl (C=O) groups is 1. The molecule has 2 fully saturated rings. The molecule has 2 atom stereocenters. The van der Waals surface area contributed by atoms with Crippen LogP contribution in [0.3, 0.4) is 0 Å². The molecule has 2 saturated heterocycles. The quantitative estimate of drug-likeness (QED) is 0.922. The number of piperidine rings is 1. The number of carbonyl (C=O) groups excluding carboxylic acids is 1. The summed E-state index contributed by atoms with van der Waals surface area (Å²) < 4.78 is 0. The highest BCUT2D eigenvalue weighted by atomic mass is 16.2. The molecule has 0 radical (unpaired) electrons. The molecule has 2 aliphatic rings. The first kappa shape index (κ1) is 16.0. The van der Waals surface area contributed by atoms with Crippen LogP contribution in [-0.4, -0.2) is 52.5 Å². The van der Waals surface area contributed by atoms with Crippen LogP contribution in [0.4, 0.5) is 5.82 Å². The third-order valence-corrected chi connectivity index (χ3v) is 5.14. The summed E-state index contributed by atoms with van der Waals surface area (Å²) in [5.41, 5.74) is 8.34. The van der Waals surface area contributed by atoms with Crippen LogP contribution in [0.1, 0.15) is 19.3 Å². The number of anilines is 1. The number of rotatable bonds is 3. The highest BCUT2D eigenvalue weighted by molar-refractivity contribution is 5.77. The second kappa shape index (κ2) is 6.80. The van der Waals surface area contributed by atoms with Crippen LogP contribution in [0, 0.1) is 0 Å². The molecule has 1 aromatic carbocycles. The summed E-state index contributed by atoms with van der Waals surface area (Å²) in [7, 11) is 0. The fourth-order valence-electron chi connectivity index (χ4n) is 3.79. The summed E-state index contributed by atoms with van der Waals surface area (Å²) in [6.07, 6.45) is 4.31. The second-order valence-electron chi connectivity index (χ2n) is 6.81. The van der Waals surface area contributed by atoms with Crippen molar-refractivity contribution in [2.75, 3.05) is 24.5 Å². The van der Waals surface area contributed by atoms with Crippen molar-refractivity contribution in [2.24, 2.45) is 5.73 Å².